The molecule has 0 radical (unpaired) electrons. The van der Waals surface area contributed by atoms with Gasteiger partial charge < -0.3 is 10.6 Å². The van der Waals surface area contributed by atoms with Crippen LogP contribution in [0.1, 0.15) is 29.8 Å². The topological polar surface area (TPSA) is 97.2 Å². The fourth-order valence-corrected chi connectivity index (χ4v) is 2.77. The maximum atomic E-state index is 12.3. The number of nitro benzene ring substituents is 1. The van der Waals surface area contributed by atoms with Gasteiger partial charge in [0.25, 0.3) is 11.6 Å². The van der Waals surface area contributed by atoms with E-state index in [1.165, 1.54) is 12.3 Å². The first kappa shape index (κ1) is 16.0. The molecular weight excluding hydrogens is 328 g/mol. The Kier molecular flexibility index (Phi) is 3.76. The van der Waals surface area contributed by atoms with E-state index in [2.05, 4.69) is 15.6 Å². The van der Waals surface area contributed by atoms with Crippen LogP contribution in [0.2, 0.25) is 0 Å². The summed E-state index contributed by atoms with van der Waals surface area (Å²) in [4.78, 5) is 27.6. The van der Waals surface area contributed by atoms with Crippen molar-refractivity contribution in [2.24, 2.45) is 0 Å². The first-order valence-corrected chi connectivity index (χ1v) is 7.57. The molecule has 1 amide bonds. The van der Waals surface area contributed by atoms with Crippen molar-refractivity contribution in [3.8, 4) is 0 Å². The summed E-state index contributed by atoms with van der Waals surface area (Å²) in [5.74, 6) is -0.467. The van der Waals surface area contributed by atoms with Crippen LogP contribution in [0, 0.1) is 10.1 Å². The molecule has 3 rings (SSSR count). The van der Waals surface area contributed by atoms with Crippen molar-refractivity contribution in [3.05, 3.63) is 57.9 Å². The molecule has 0 bridgehead atoms. The number of pyridine rings is 1. The molecule has 2 N–H and O–H groups in total. The van der Waals surface area contributed by atoms with E-state index in [9.17, 15) is 14.9 Å². The summed E-state index contributed by atoms with van der Waals surface area (Å²) in [6, 6.07) is 6.20. The maximum Gasteiger partial charge on any atom is 0.293 e. The van der Waals surface area contributed by atoms with E-state index in [4.69, 9.17) is 12.2 Å². The summed E-state index contributed by atoms with van der Waals surface area (Å²) in [7, 11) is 0. The van der Waals surface area contributed by atoms with Crippen LogP contribution in [0.25, 0.3) is 0 Å². The number of carbonyl (C=O) groups excluding carboxylic acids is 1. The van der Waals surface area contributed by atoms with Gasteiger partial charge in [0.05, 0.1) is 15.5 Å². The summed E-state index contributed by atoms with van der Waals surface area (Å²) in [6.45, 7) is 3.79. The molecule has 0 aliphatic carbocycles. The van der Waals surface area contributed by atoms with Crippen molar-refractivity contribution in [2.45, 2.75) is 19.3 Å². The van der Waals surface area contributed by atoms with Crippen LogP contribution in [0.3, 0.4) is 0 Å². The molecule has 8 heteroatoms. The van der Waals surface area contributed by atoms with Crippen LogP contribution in [-0.4, -0.2) is 20.8 Å². The number of amides is 1. The van der Waals surface area contributed by atoms with Crippen molar-refractivity contribution in [2.75, 3.05) is 10.6 Å². The predicted molar refractivity (Wildman–Crippen MR) is 94.5 cm³/mol. The van der Waals surface area contributed by atoms with Crippen molar-refractivity contribution in [3.63, 3.8) is 0 Å². The van der Waals surface area contributed by atoms with Crippen LogP contribution in [0.4, 0.5) is 17.1 Å². The molecular formula is C16H14N4O3S. The molecule has 1 aromatic heterocycles. The van der Waals surface area contributed by atoms with Gasteiger partial charge in [0.1, 0.15) is 5.69 Å². The smallest absolute Gasteiger partial charge is 0.293 e. The molecule has 0 fully saturated rings. The molecule has 0 atom stereocenters. The van der Waals surface area contributed by atoms with Gasteiger partial charge in [-0.1, -0.05) is 12.2 Å². The van der Waals surface area contributed by atoms with E-state index >= 15 is 0 Å². The predicted octanol–water partition coefficient (Wildman–Crippen LogP) is 3.27. The number of hydrogen-bond acceptors (Lipinski definition) is 5. The molecule has 0 spiro atoms. The van der Waals surface area contributed by atoms with Gasteiger partial charge in [-0.3, -0.25) is 19.9 Å². The average molecular weight is 342 g/mol. The fraction of sp³-hybridized carbons (Fsp3) is 0.188. The van der Waals surface area contributed by atoms with Crippen molar-refractivity contribution in [1.82, 2.24) is 4.98 Å². The number of thiocarbonyl (C=S) groups is 1. The molecule has 0 saturated carbocycles. The zero-order chi connectivity index (χ0) is 17.5. The molecule has 1 aliphatic heterocycles. The normalized spacial score (nSPS) is 14.7. The molecule has 122 valence electrons. The minimum absolute atomic E-state index is 0.112. The maximum absolute atomic E-state index is 12.3. The highest BCUT2D eigenvalue weighted by atomic mass is 32.1. The number of carbonyl (C=O) groups is 1. The Hall–Kier alpha value is -2.87. The van der Waals surface area contributed by atoms with E-state index in [-0.39, 0.29) is 11.4 Å². The number of rotatable bonds is 3. The second-order valence-corrected chi connectivity index (χ2v) is 6.36. The number of anilines is 2. The highest BCUT2D eigenvalue weighted by Crippen LogP contribution is 2.43. The van der Waals surface area contributed by atoms with E-state index < -0.39 is 16.2 Å². The lowest BCUT2D eigenvalue weighted by Gasteiger charge is -2.17. The summed E-state index contributed by atoms with van der Waals surface area (Å²) in [5, 5.41) is 17.0. The fourth-order valence-electron chi connectivity index (χ4n) is 2.55. The third kappa shape index (κ3) is 2.61. The van der Waals surface area contributed by atoms with Crippen LogP contribution >= 0.6 is 12.2 Å². The number of fused-ring (bicyclic) bond motifs is 1. The molecule has 1 aliphatic rings. The van der Waals surface area contributed by atoms with E-state index in [0.717, 1.165) is 5.56 Å². The van der Waals surface area contributed by atoms with E-state index in [1.807, 2.05) is 13.8 Å². The zero-order valence-corrected chi connectivity index (χ0v) is 13.8. The number of aromatic nitrogens is 1. The SMILES string of the molecule is CC1(C)C(=S)Nc2cc(NC(=O)c3cccnc3)c([N+](=O)[O-])cc21. The standard InChI is InChI=1S/C16H14N4O3S/c1-16(2)10-6-13(20(22)23)12(7-11(10)19-15(16)24)18-14(21)9-4-3-5-17-8-9/h3-8H,1-2H3,(H,18,21)(H,19,24). The van der Waals surface area contributed by atoms with Crippen LogP contribution in [0.15, 0.2) is 36.7 Å². The largest absolute Gasteiger partial charge is 0.349 e. The minimum Gasteiger partial charge on any atom is -0.349 e. The molecule has 1 aromatic carbocycles. The second kappa shape index (κ2) is 5.64. The van der Waals surface area contributed by atoms with Crippen LogP contribution in [0.5, 0.6) is 0 Å². The Morgan fingerprint density at radius 2 is 2.17 bits per heavy atom. The molecule has 0 unspecified atom stereocenters. The Bertz CT molecular complexity index is 865. The molecule has 24 heavy (non-hydrogen) atoms. The number of nitro groups is 1. The Morgan fingerprint density at radius 3 is 2.79 bits per heavy atom. The highest BCUT2D eigenvalue weighted by Gasteiger charge is 2.37. The molecule has 0 saturated heterocycles. The van der Waals surface area contributed by atoms with E-state index in [0.29, 0.717) is 16.2 Å². The molecule has 7 nitrogen and oxygen atoms in total. The number of nitrogens with zero attached hydrogens (tertiary/aromatic N) is 2. The first-order chi connectivity index (χ1) is 11.3. The quantitative estimate of drug-likeness (QED) is 0.505. The first-order valence-electron chi connectivity index (χ1n) is 7.16. The highest BCUT2D eigenvalue weighted by molar-refractivity contribution is 7.80. The van der Waals surface area contributed by atoms with Gasteiger partial charge in [-0.25, -0.2) is 0 Å². The van der Waals surface area contributed by atoms with Crippen LogP contribution in [-0.2, 0) is 5.41 Å². The van der Waals surface area contributed by atoms with Gasteiger partial charge in [0.15, 0.2) is 0 Å². The third-order valence-corrected chi connectivity index (χ3v) is 4.61. The van der Waals surface area contributed by atoms with Gasteiger partial charge in [-0.2, -0.15) is 0 Å². The minimum atomic E-state index is -0.517. The van der Waals surface area contributed by atoms with E-state index in [1.54, 1.807) is 24.4 Å². The van der Waals surface area contributed by atoms with Crippen molar-refractivity contribution in [1.29, 1.82) is 0 Å². The molecule has 2 aromatic rings. The monoisotopic (exact) mass is 342 g/mol. The van der Waals surface area contributed by atoms with Crippen molar-refractivity contribution >= 4 is 40.2 Å². The van der Waals surface area contributed by atoms with Gasteiger partial charge in [-0.05, 0) is 37.6 Å². The summed E-state index contributed by atoms with van der Waals surface area (Å²) >= 11 is 5.30. The Labute approximate surface area is 143 Å². The van der Waals surface area contributed by atoms with Gasteiger partial charge >= 0.3 is 0 Å². The number of hydrogen-bond donors (Lipinski definition) is 2. The van der Waals surface area contributed by atoms with Gasteiger partial charge in [-0.15, -0.1) is 0 Å². The van der Waals surface area contributed by atoms with Gasteiger partial charge in [0.2, 0.25) is 0 Å². The zero-order valence-electron chi connectivity index (χ0n) is 13.0. The average Bonchev–Trinajstić information content (AvgIpc) is 2.76. The van der Waals surface area contributed by atoms with Crippen LogP contribution < -0.4 is 10.6 Å². The third-order valence-electron chi connectivity index (χ3n) is 3.99. The Balaban J connectivity index is 2.03. The second-order valence-electron chi connectivity index (χ2n) is 5.95. The van der Waals surface area contributed by atoms with Crippen molar-refractivity contribution < 1.29 is 9.72 Å². The molecule has 2 heterocycles. The lowest BCUT2D eigenvalue weighted by atomic mass is 9.86. The lowest BCUT2D eigenvalue weighted by Crippen LogP contribution is -2.25. The Morgan fingerprint density at radius 1 is 1.42 bits per heavy atom. The summed E-state index contributed by atoms with van der Waals surface area (Å²) in [6.07, 6.45) is 2.94. The summed E-state index contributed by atoms with van der Waals surface area (Å²) < 4.78 is 0. The lowest BCUT2D eigenvalue weighted by molar-refractivity contribution is -0.384. The summed E-state index contributed by atoms with van der Waals surface area (Å²) in [5.41, 5.74) is 1.15. The van der Waals surface area contributed by atoms with Gasteiger partial charge in [0, 0.05) is 29.6 Å². The number of benzene rings is 1. The number of nitrogens with one attached hydrogen (secondary N) is 2.